The molecule has 1 aromatic carbocycles. The predicted octanol–water partition coefficient (Wildman–Crippen LogP) is 1.99. The molecular formula is C10H10F2O3. The minimum Gasteiger partial charge on any atom is -0.493 e. The van der Waals surface area contributed by atoms with Gasteiger partial charge >= 0.3 is 5.97 Å². The van der Waals surface area contributed by atoms with Crippen molar-refractivity contribution in [2.75, 3.05) is 7.11 Å². The molecule has 1 aromatic rings. The highest BCUT2D eigenvalue weighted by atomic mass is 19.1. The maximum atomic E-state index is 13.2. The highest BCUT2D eigenvalue weighted by Crippen LogP contribution is 2.26. The molecule has 0 fully saturated rings. The van der Waals surface area contributed by atoms with Gasteiger partial charge in [0.15, 0.2) is 11.6 Å². The second kappa shape index (κ2) is 4.72. The number of halogens is 2. The van der Waals surface area contributed by atoms with Crippen LogP contribution in [0.25, 0.3) is 0 Å². The predicted molar refractivity (Wildman–Crippen MR) is 48.9 cm³/mol. The highest BCUT2D eigenvalue weighted by Gasteiger charge is 2.15. The molecule has 0 bridgehead atoms. The van der Waals surface area contributed by atoms with E-state index in [2.05, 4.69) is 4.74 Å². The minimum atomic E-state index is -1.07. The van der Waals surface area contributed by atoms with Gasteiger partial charge in [0.2, 0.25) is 0 Å². The van der Waals surface area contributed by atoms with E-state index in [9.17, 15) is 13.6 Å². The normalized spacial score (nSPS) is 10.1. The van der Waals surface area contributed by atoms with E-state index < -0.39 is 17.6 Å². The molecule has 0 aliphatic rings. The fourth-order valence-corrected chi connectivity index (χ4v) is 1.26. The van der Waals surface area contributed by atoms with E-state index >= 15 is 0 Å². The average Bonchev–Trinajstić information content (AvgIpc) is 2.19. The zero-order chi connectivity index (χ0) is 11.4. The van der Waals surface area contributed by atoms with E-state index in [-0.39, 0.29) is 24.2 Å². The Labute approximate surface area is 85.3 Å². The summed E-state index contributed by atoms with van der Waals surface area (Å²) in [4.78, 5) is 10.3. The van der Waals surface area contributed by atoms with Crippen molar-refractivity contribution in [3.8, 4) is 5.75 Å². The monoisotopic (exact) mass is 216 g/mol. The number of carboxylic acids is 1. The number of hydrogen-bond acceptors (Lipinski definition) is 2. The van der Waals surface area contributed by atoms with Crippen molar-refractivity contribution in [1.82, 2.24) is 0 Å². The van der Waals surface area contributed by atoms with E-state index in [4.69, 9.17) is 5.11 Å². The molecule has 82 valence electrons. The summed E-state index contributed by atoms with van der Waals surface area (Å²) in [5, 5.41) is 8.44. The third kappa shape index (κ3) is 2.65. The lowest BCUT2D eigenvalue weighted by atomic mass is 10.1. The summed E-state index contributed by atoms with van der Waals surface area (Å²) in [7, 11) is 1.21. The van der Waals surface area contributed by atoms with Crippen molar-refractivity contribution in [2.24, 2.45) is 0 Å². The van der Waals surface area contributed by atoms with Gasteiger partial charge in [-0.3, -0.25) is 4.79 Å². The zero-order valence-corrected chi connectivity index (χ0v) is 8.09. The van der Waals surface area contributed by atoms with Crippen LogP contribution in [0, 0.1) is 11.6 Å². The topological polar surface area (TPSA) is 46.5 Å². The van der Waals surface area contributed by atoms with E-state index in [1.54, 1.807) is 0 Å². The standard InChI is InChI=1S/C10H10F2O3/c1-15-10-6(2-5-9(13)14)7(11)3-4-8(10)12/h3-4H,2,5H2,1H3,(H,13,14). The van der Waals surface area contributed by atoms with Crippen LogP contribution >= 0.6 is 0 Å². The highest BCUT2D eigenvalue weighted by molar-refractivity contribution is 5.67. The fourth-order valence-electron chi connectivity index (χ4n) is 1.26. The molecule has 0 saturated carbocycles. The number of carbonyl (C=O) groups is 1. The number of methoxy groups -OCH3 is 1. The van der Waals surface area contributed by atoms with Crippen molar-refractivity contribution in [3.05, 3.63) is 29.3 Å². The van der Waals surface area contributed by atoms with Crippen molar-refractivity contribution >= 4 is 5.97 Å². The first-order chi connectivity index (χ1) is 7.06. The molecule has 15 heavy (non-hydrogen) atoms. The molecule has 1 rings (SSSR count). The molecule has 0 radical (unpaired) electrons. The van der Waals surface area contributed by atoms with Gasteiger partial charge in [0, 0.05) is 12.0 Å². The van der Waals surface area contributed by atoms with E-state index in [1.165, 1.54) is 7.11 Å². The molecule has 0 amide bonds. The molecule has 1 N–H and O–H groups in total. The Morgan fingerprint density at radius 1 is 1.40 bits per heavy atom. The summed E-state index contributed by atoms with van der Waals surface area (Å²) in [5.74, 6) is -2.65. The molecule has 0 aliphatic heterocycles. The Balaban J connectivity index is 3.02. The molecule has 0 spiro atoms. The van der Waals surface area contributed by atoms with Crippen molar-refractivity contribution in [2.45, 2.75) is 12.8 Å². The van der Waals surface area contributed by atoms with E-state index in [0.717, 1.165) is 12.1 Å². The van der Waals surface area contributed by atoms with E-state index in [0.29, 0.717) is 0 Å². The second-order valence-corrected chi connectivity index (χ2v) is 2.93. The van der Waals surface area contributed by atoms with Crippen LogP contribution in [0.2, 0.25) is 0 Å². The Morgan fingerprint density at radius 2 is 2.00 bits per heavy atom. The number of carboxylic acid groups (broad SMARTS) is 1. The first-order valence-corrected chi connectivity index (χ1v) is 4.29. The van der Waals surface area contributed by atoms with Crippen molar-refractivity contribution in [1.29, 1.82) is 0 Å². The van der Waals surface area contributed by atoms with Gasteiger partial charge in [-0.15, -0.1) is 0 Å². The average molecular weight is 216 g/mol. The van der Waals surface area contributed by atoms with Crippen LogP contribution in [-0.2, 0) is 11.2 Å². The van der Waals surface area contributed by atoms with Crippen LogP contribution in [0.5, 0.6) is 5.75 Å². The van der Waals surface area contributed by atoms with Gasteiger partial charge in [-0.2, -0.15) is 0 Å². The van der Waals surface area contributed by atoms with Crippen LogP contribution < -0.4 is 4.74 Å². The van der Waals surface area contributed by atoms with Gasteiger partial charge in [-0.1, -0.05) is 0 Å². The van der Waals surface area contributed by atoms with Crippen LogP contribution in [0.3, 0.4) is 0 Å². The van der Waals surface area contributed by atoms with Gasteiger partial charge in [-0.25, -0.2) is 8.78 Å². The number of rotatable bonds is 4. The molecule has 0 aromatic heterocycles. The maximum absolute atomic E-state index is 13.2. The molecular weight excluding hydrogens is 206 g/mol. The summed E-state index contributed by atoms with van der Waals surface area (Å²) in [5.41, 5.74) is -0.0418. The summed E-state index contributed by atoms with van der Waals surface area (Å²) in [6.45, 7) is 0. The van der Waals surface area contributed by atoms with Gasteiger partial charge in [0.25, 0.3) is 0 Å². The number of hydrogen-bond donors (Lipinski definition) is 1. The molecule has 0 saturated heterocycles. The Bertz CT molecular complexity index is 377. The molecule has 0 atom stereocenters. The quantitative estimate of drug-likeness (QED) is 0.837. The van der Waals surface area contributed by atoms with E-state index in [1.807, 2.05) is 0 Å². The lowest BCUT2D eigenvalue weighted by Crippen LogP contribution is -2.03. The van der Waals surface area contributed by atoms with Crippen molar-refractivity contribution < 1.29 is 23.4 Å². The molecule has 5 heteroatoms. The number of benzene rings is 1. The maximum Gasteiger partial charge on any atom is 0.303 e. The fraction of sp³-hybridized carbons (Fsp3) is 0.300. The number of aliphatic carboxylic acids is 1. The van der Waals surface area contributed by atoms with Gasteiger partial charge in [-0.05, 0) is 18.6 Å². The largest absolute Gasteiger partial charge is 0.493 e. The van der Waals surface area contributed by atoms with Crippen LogP contribution in [0.15, 0.2) is 12.1 Å². The molecule has 0 unspecified atom stereocenters. The molecule has 3 nitrogen and oxygen atoms in total. The number of ether oxygens (including phenoxy) is 1. The van der Waals surface area contributed by atoms with Gasteiger partial charge in [0.05, 0.1) is 7.11 Å². The molecule has 0 aliphatic carbocycles. The Kier molecular flexibility index (Phi) is 3.60. The Morgan fingerprint density at radius 3 is 2.53 bits per heavy atom. The second-order valence-electron chi connectivity index (χ2n) is 2.93. The minimum absolute atomic E-state index is 0.0418. The summed E-state index contributed by atoms with van der Waals surface area (Å²) < 4.78 is 31.0. The third-order valence-corrected chi connectivity index (χ3v) is 1.95. The first kappa shape index (κ1) is 11.4. The van der Waals surface area contributed by atoms with Crippen LogP contribution in [0.1, 0.15) is 12.0 Å². The summed E-state index contributed by atoms with van der Waals surface area (Å²) in [6, 6.07) is 1.90. The lowest BCUT2D eigenvalue weighted by Gasteiger charge is -2.09. The van der Waals surface area contributed by atoms with Gasteiger partial charge in [0.1, 0.15) is 5.82 Å². The molecule has 0 heterocycles. The van der Waals surface area contributed by atoms with Crippen LogP contribution in [-0.4, -0.2) is 18.2 Å². The van der Waals surface area contributed by atoms with Gasteiger partial charge < -0.3 is 9.84 Å². The summed E-state index contributed by atoms with van der Waals surface area (Å²) >= 11 is 0. The van der Waals surface area contributed by atoms with Crippen molar-refractivity contribution in [3.63, 3.8) is 0 Å². The summed E-state index contributed by atoms with van der Waals surface area (Å²) in [6.07, 6.45) is -0.362. The first-order valence-electron chi connectivity index (χ1n) is 4.29. The lowest BCUT2D eigenvalue weighted by molar-refractivity contribution is -0.136. The smallest absolute Gasteiger partial charge is 0.303 e. The SMILES string of the molecule is COc1c(F)ccc(F)c1CCC(=O)O. The van der Waals surface area contributed by atoms with Crippen LogP contribution in [0.4, 0.5) is 8.78 Å². The third-order valence-electron chi connectivity index (χ3n) is 1.95. The zero-order valence-electron chi connectivity index (χ0n) is 8.09. The Hall–Kier alpha value is -1.65.